The van der Waals surface area contributed by atoms with Gasteiger partial charge in [0.25, 0.3) is 0 Å². The summed E-state index contributed by atoms with van der Waals surface area (Å²) in [7, 11) is -5.17. The van der Waals surface area contributed by atoms with Gasteiger partial charge in [-0.25, -0.2) is 0 Å². The molecule has 0 saturated heterocycles. The predicted octanol–water partition coefficient (Wildman–Crippen LogP) is -1.34. The van der Waals surface area contributed by atoms with Gasteiger partial charge in [0.1, 0.15) is 0 Å². The van der Waals surface area contributed by atoms with E-state index in [0.29, 0.717) is 0 Å². The Kier molecular flexibility index (Phi) is 13.3. The van der Waals surface area contributed by atoms with E-state index in [2.05, 4.69) is 0 Å². The van der Waals surface area contributed by atoms with Crippen LogP contribution in [0.3, 0.4) is 0 Å². The van der Waals surface area contributed by atoms with E-state index in [9.17, 15) is 0 Å². The molecular weight excluding hydrogens is 409 g/mol. The molecule has 1 radical (unpaired) electrons. The Morgan fingerprint density at radius 2 is 1.14 bits per heavy atom. The van der Waals surface area contributed by atoms with Crippen LogP contribution in [0.5, 0.6) is 0 Å². The summed E-state index contributed by atoms with van der Waals surface area (Å²) in [4.78, 5) is 0. The first kappa shape index (κ1) is 15.9. The van der Waals surface area contributed by atoms with Gasteiger partial charge in [-0.3, -0.25) is 8.42 Å². The minimum absolute atomic E-state index is 0. The average Bonchev–Trinajstić information content (AvgIpc) is 0.722. The Balaban J connectivity index is -0.0000000800. The summed E-state index contributed by atoms with van der Waals surface area (Å²) in [5, 5.41) is 0. The Labute approximate surface area is 81.9 Å². The first-order valence-electron chi connectivity index (χ1n) is 0.667. The van der Waals surface area contributed by atoms with Crippen LogP contribution in [0.2, 0.25) is 0 Å². The first-order chi connectivity index (χ1) is 2.00. The summed E-state index contributed by atoms with van der Waals surface area (Å²) < 4.78 is 34.1. The molecule has 0 rings (SSSR count). The maximum Gasteiger partial charge on any atom is 2.00 e. The largest absolute Gasteiger partial charge is 2.00 e. The monoisotopic (exact) mass is 412 g/mol. The molecule has 0 fully saturated rings. The molecular formula is CdHgO4S+. The molecule has 0 heterocycles. The SMILES string of the molecule is O=S(=O)([O-])[O-].[Cd+2].[Hg+]. The Bertz CT molecular complexity index is 94.9. The Hall–Kier alpha value is 1.73. The van der Waals surface area contributed by atoms with Crippen LogP contribution in [0.15, 0.2) is 0 Å². The molecule has 0 atom stereocenters. The molecule has 0 spiro atoms. The van der Waals surface area contributed by atoms with Crippen molar-refractivity contribution in [2.24, 2.45) is 0 Å². The van der Waals surface area contributed by atoms with E-state index in [1.807, 2.05) is 0 Å². The second-order valence-electron chi connectivity index (χ2n) is 0.408. The van der Waals surface area contributed by atoms with E-state index in [-0.39, 0.29) is 55.0 Å². The van der Waals surface area contributed by atoms with Crippen LogP contribution in [0.4, 0.5) is 0 Å². The smallest absolute Gasteiger partial charge is 0.759 e. The Morgan fingerprint density at radius 1 is 1.14 bits per heavy atom. The van der Waals surface area contributed by atoms with Crippen LogP contribution in [0.1, 0.15) is 0 Å². The fourth-order valence-corrected chi connectivity index (χ4v) is 0. The molecule has 0 aromatic heterocycles. The van der Waals surface area contributed by atoms with Crippen molar-refractivity contribution in [3.05, 3.63) is 0 Å². The van der Waals surface area contributed by atoms with Crippen LogP contribution in [-0.2, 0) is 65.4 Å². The van der Waals surface area contributed by atoms with Crippen LogP contribution in [-0.4, -0.2) is 17.5 Å². The van der Waals surface area contributed by atoms with Gasteiger partial charge in [0.2, 0.25) is 0 Å². The molecule has 0 unspecified atom stereocenters. The van der Waals surface area contributed by atoms with Crippen molar-refractivity contribution in [3.63, 3.8) is 0 Å². The second kappa shape index (κ2) is 5.86. The van der Waals surface area contributed by atoms with E-state index in [1.54, 1.807) is 0 Å². The molecule has 7 heteroatoms. The van der Waals surface area contributed by atoms with Crippen molar-refractivity contribution in [3.8, 4) is 0 Å². The molecule has 0 saturated carbocycles. The van der Waals surface area contributed by atoms with Crippen molar-refractivity contribution in [2.75, 3.05) is 0 Å². The topological polar surface area (TPSA) is 80.3 Å². The van der Waals surface area contributed by atoms with Gasteiger partial charge in [-0.2, -0.15) is 0 Å². The number of hydrogen-bond acceptors (Lipinski definition) is 4. The summed E-state index contributed by atoms with van der Waals surface area (Å²) >= 11 is 0. The standard InChI is InChI=1S/Cd.Hg.H2O4S/c;;1-5(2,3)4/h;;(H2,1,2,3,4)/q+2;+1;/p-2. The number of hydrogen-bond donors (Lipinski definition) is 0. The minimum atomic E-state index is -5.17. The summed E-state index contributed by atoms with van der Waals surface area (Å²) in [6.07, 6.45) is 0. The van der Waals surface area contributed by atoms with Gasteiger partial charge in [-0.1, -0.05) is 0 Å². The molecule has 7 heavy (non-hydrogen) atoms. The van der Waals surface area contributed by atoms with E-state index in [1.165, 1.54) is 0 Å². The normalized spacial score (nSPS) is 8.29. The van der Waals surface area contributed by atoms with E-state index < -0.39 is 10.4 Å². The van der Waals surface area contributed by atoms with Gasteiger partial charge in [-0.05, 0) is 0 Å². The van der Waals surface area contributed by atoms with Crippen molar-refractivity contribution in [1.29, 1.82) is 0 Å². The number of rotatable bonds is 0. The third-order valence-corrected chi connectivity index (χ3v) is 0. The molecule has 0 bridgehead atoms. The van der Waals surface area contributed by atoms with Gasteiger partial charge in [-0.15, -0.1) is 0 Å². The third-order valence-electron chi connectivity index (χ3n) is 0. The molecule has 4 nitrogen and oxygen atoms in total. The maximum atomic E-state index is 8.52. The fraction of sp³-hybridized carbons (Fsp3) is 0. The van der Waals surface area contributed by atoms with E-state index in [0.717, 1.165) is 0 Å². The zero-order chi connectivity index (χ0) is 4.50. The zero-order valence-electron chi connectivity index (χ0n) is 3.46. The van der Waals surface area contributed by atoms with E-state index >= 15 is 0 Å². The van der Waals surface area contributed by atoms with Crippen molar-refractivity contribution in [1.82, 2.24) is 0 Å². The fourth-order valence-electron chi connectivity index (χ4n) is 0. The quantitative estimate of drug-likeness (QED) is 0.282. The molecule has 0 N–H and O–H groups in total. The van der Waals surface area contributed by atoms with Crippen LogP contribution in [0, 0.1) is 0 Å². The van der Waals surface area contributed by atoms with Gasteiger partial charge < -0.3 is 9.11 Å². The van der Waals surface area contributed by atoms with Crippen LogP contribution >= 0.6 is 0 Å². The zero-order valence-corrected chi connectivity index (χ0v) is 13.8. The minimum Gasteiger partial charge on any atom is -0.759 e. The van der Waals surface area contributed by atoms with Crippen molar-refractivity contribution < 1.29 is 72.5 Å². The van der Waals surface area contributed by atoms with Crippen molar-refractivity contribution in [2.45, 2.75) is 0 Å². The summed E-state index contributed by atoms with van der Waals surface area (Å²) in [5.41, 5.74) is 0. The summed E-state index contributed by atoms with van der Waals surface area (Å²) in [5.74, 6) is 0. The van der Waals surface area contributed by atoms with Gasteiger partial charge in [0, 0.05) is 10.4 Å². The molecule has 33 valence electrons. The van der Waals surface area contributed by atoms with Gasteiger partial charge >= 0.3 is 55.0 Å². The average molecular weight is 409 g/mol. The molecule has 0 aliphatic heterocycles. The van der Waals surface area contributed by atoms with Crippen LogP contribution in [0.25, 0.3) is 0 Å². The maximum absolute atomic E-state index is 8.52. The summed E-state index contributed by atoms with van der Waals surface area (Å²) in [6.45, 7) is 0. The van der Waals surface area contributed by atoms with Gasteiger partial charge in [0.05, 0.1) is 0 Å². The van der Waals surface area contributed by atoms with Gasteiger partial charge in [0.15, 0.2) is 0 Å². The molecule has 0 aromatic carbocycles. The Morgan fingerprint density at radius 3 is 1.14 bits per heavy atom. The second-order valence-corrected chi connectivity index (χ2v) is 1.22. The molecule has 0 aromatic rings. The first-order valence-corrected chi connectivity index (χ1v) is 2.00. The third kappa shape index (κ3) is 85.0. The van der Waals surface area contributed by atoms with Crippen LogP contribution < -0.4 is 0 Å². The van der Waals surface area contributed by atoms with Crippen molar-refractivity contribution >= 4 is 10.4 Å². The summed E-state index contributed by atoms with van der Waals surface area (Å²) in [6, 6.07) is 0. The molecule has 0 aliphatic carbocycles. The predicted molar refractivity (Wildman–Crippen MR) is 10.5 cm³/mol. The molecule has 0 aliphatic rings. The molecule has 0 amide bonds. The van der Waals surface area contributed by atoms with E-state index in [4.69, 9.17) is 17.5 Å².